The first-order valence-electron chi connectivity index (χ1n) is 11.9. The number of fused-ring (bicyclic) bond motifs is 2. The van der Waals surface area contributed by atoms with Gasteiger partial charge in [0.15, 0.2) is 0 Å². The van der Waals surface area contributed by atoms with Crippen LogP contribution >= 0.6 is 11.6 Å². The Morgan fingerprint density at radius 1 is 1.21 bits per heavy atom. The number of nitrogens with zero attached hydrogens (tertiary/aromatic N) is 2. The summed E-state index contributed by atoms with van der Waals surface area (Å²) in [5, 5.41) is 1.64. The molecular formula is C27H30ClN3O3. The van der Waals surface area contributed by atoms with E-state index in [0.717, 1.165) is 47.0 Å². The van der Waals surface area contributed by atoms with Gasteiger partial charge in [0, 0.05) is 48.0 Å². The highest BCUT2D eigenvalue weighted by atomic mass is 35.5. The summed E-state index contributed by atoms with van der Waals surface area (Å²) >= 11 is 6.16. The Hall–Kier alpha value is -2.99. The summed E-state index contributed by atoms with van der Waals surface area (Å²) in [6, 6.07) is 13.8. The molecule has 2 aliphatic heterocycles. The molecule has 2 fully saturated rings. The van der Waals surface area contributed by atoms with Gasteiger partial charge in [-0.05, 0) is 67.5 Å². The van der Waals surface area contributed by atoms with E-state index in [-0.39, 0.29) is 17.9 Å². The van der Waals surface area contributed by atoms with Crippen LogP contribution < -0.4 is 4.74 Å². The summed E-state index contributed by atoms with van der Waals surface area (Å²) in [5.74, 6) is 1.41. The molecule has 7 heteroatoms. The fourth-order valence-electron chi connectivity index (χ4n) is 5.65. The molecule has 3 heterocycles. The number of hydrogen-bond acceptors (Lipinski definition) is 3. The molecule has 6 nitrogen and oxygen atoms in total. The highest BCUT2D eigenvalue weighted by Gasteiger charge is 2.40. The van der Waals surface area contributed by atoms with Crippen LogP contribution in [0.2, 0.25) is 5.02 Å². The monoisotopic (exact) mass is 479 g/mol. The number of para-hydroxylation sites is 1. The molecule has 2 aromatic carbocycles. The fourth-order valence-corrected chi connectivity index (χ4v) is 5.82. The van der Waals surface area contributed by atoms with Crippen LogP contribution in [-0.2, 0) is 11.2 Å². The molecular weight excluding hydrogens is 450 g/mol. The van der Waals surface area contributed by atoms with Gasteiger partial charge in [-0.1, -0.05) is 29.8 Å². The van der Waals surface area contributed by atoms with Gasteiger partial charge in [-0.25, -0.2) is 0 Å². The van der Waals surface area contributed by atoms with Crippen molar-refractivity contribution in [3.05, 3.63) is 64.3 Å². The number of nitrogens with one attached hydrogen (secondary N) is 1. The van der Waals surface area contributed by atoms with Crippen molar-refractivity contribution in [2.45, 2.75) is 38.6 Å². The third-order valence-corrected chi connectivity index (χ3v) is 7.71. The summed E-state index contributed by atoms with van der Waals surface area (Å²) in [7, 11) is 1.68. The predicted molar refractivity (Wildman–Crippen MR) is 133 cm³/mol. The SMILES string of the molecule is COc1ccccc1CCN1C(=O)CC[C@@H]2CN(C(=O)c3[nH]c4ccc(Cl)cc4c3C)CC[C@@H]21. The molecule has 1 aromatic heterocycles. The van der Waals surface area contributed by atoms with E-state index in [2.05, 4.69) is 16.0 Å². The van der Waals surface area contributed by atoms with Crippen LogP contribution in [0.3, 0.4) is 0 Å². The van der Waals surface area contributed by atoms with E-state index in [4.69, 9.17) is 16.3 Å². The van der Waals surface area contributed by atoms with E-state index >= 15 is 0 Å². The first kappa shape index (κ1) is 22.8. The van der Waals surface area contributed by atoms with Crippen molar-refractivity contribution < 1.29 is 14.3 Å². The molecule has 0 unspecified atom stereocenters. The Morgan fingerprint density at radius 2 is 2.03 bits per heavy atom. The van der Waals surface area contributed by atoms with Gasteiger partial charge < -0.3 is 19.5 Å². The number of piperidine rings is 2. The van der Waals surface area contributed by atoms with Crippen molar-refractivity contribution in [1.82, 2.24) is 14.8 Å². The van der Waals surface area contributed by atoms with Gasteiger partial charge in [-0.3, -0.25) is 9.59 Å². The molecule has 2 amide bonds. The standard InChI is InChI=1S/C27H30ClN3O3/c1-17-21-15-20(28)8-9-22(21)29-26(17)27(33)30-13-12-23-19(16-30)7-10-25(32)31(23)14-11-18-5-3-4-6-24(18)34-2/h3-6,8-9,15,19,23,29H,7,10-14,16H2,1-2H3/t19-,23+/m1/s1. The predicted octanol–water partition coefficient (Wildman–Crippen LogP) is 4.83. The van der Waals surface area contributed by atoms with Crippen LogP contribution in [0.15, 0.2) is 42.5 Å². The van der Waals surface area contributed by atoms with Crippen LogP contribution in [0.5, 0.6) is 5.75 Å². The lowest BCUT2D eigenvalue weighted by Crippen LogP contribution is -2.57. The minimum Gasteiger partial charge on any atom is -0.496 e. The molecule has 34 heavy (non-hydrogen) atoms. The minimum absolute atomic E-state index is 0.0285. The second-order valence-electron chi connectivity index (χ2n) is 9.37. The van der Waals surface area contributed by atoms with Crippen molar-refractivity contribution in [3.63, 3.8) is 0 Å². The van der Waals surface area contributed by atoms with Gasteiger partial charge in [0.1, 0.15) is 11.4 Å². The smallest absolute Gasteiger partial charge is 0.270 e. The Balaban J connectivity index is 1.29. The number of H-pyrrole nitrogens is 1. The average molecular weight is 480 g/mol. The topological polar surface area (TPSA) is 65.6 Å². The Labute approximate surface area is 204 Å². The number of rotatable bonds is 5. The van der Waals surface area contributed by atoms with Crippen molar-refractivity contribution in [3.8, 4) is 5.75 Å². The maximum atomic E-state index is 13.4. The van der Waals surface area contributed by atoms with E-state index in [1.165, 1.54) is 0 Å². The Morgan fingerprint density at radius 3 is 2.85 bits per heavy atom. The molecule has 0 spiro atoms. The lowest BCUT2D eigenvalue weighted by Gasteiger charge is -2.47. The number of carbonyl (C=O) groups excluding carboxylic acids is 2. The van der Waals surface area contributed by atoms with Gasteiger partial charge in [0.05, 0.1) is 7.11 Å². The number of ether oxygens (including phenoxy) is 1. The molecule has 5 rings (SSSR count). The second-order valence-corrected chi connectivity index (χ2v) is 9.81. The maximum Gasteiger partial charge on any atom is 0.270 e. The molecule has 0 saturated carbocycles. The number of methoxy groups -OCH3 is 1. The van der Waals surface area contributed by atoms with E-state index < -0.39 is 0 Å². The highest BCUT2D eigenvalue weighted by Crippen LogP contribution is 2.33. The third kappa shape index (κ3) is 4.16. The normalized spacial score (nSPS) is 20.5. The Kier molecular flexibility index (Phi) is 6.26. The van der Waals surface area contributed by atoms with Crippen LogP contribution in [-0.4, -0.2) is 59.4 Å². The lowest BCUT2D eigenvalue weighted by molar-refractivity contribution is -0.140. The molecule has 0 bridgehead atoms. The van der Waals surface area contributed by atoms with Gasteiger partial charge in [0.2, 0.25) is 5.91 Å². The zero-order chi connectivity index (χ0) is 23.8. The van der Waals surface area contributed by atoms with Crippen molar-refractivity contribution in [1.29, 1.82) is 0 Å². The van der Waals surface area contributed by atoms with Crippen LogP contribution in [0.4, 0.5) is 0 Å². The minimum atomic E-state index is 0.0285. The average Bonchev–Trinajstić information content (AvgIpc) is 3.18. The zero-order valence-electron chi connectivity index (χ0n) is 19.6. The number of aryl methyl sites for hydroxylation is 1. The summed E-state index contributed by atoms with van der Waals surface area (Å²) in [6.07, 6.45) is 2.94. The Bertz CT molecular complexity index is 1240. The quantitative estimate of drug-likeness (QED) is 0.569. The van der Waals surface area contributed by atoms with Gasteiger partial charge in [-0.15, -0.1) is 0 Å². The number of aromatic nitrogens is 1. The first-order valence-corrected chi connectivity index (χ1v) is 12.3. The summed E-state index contributed by atoms with van der Waals surface area (Å²) in [6.45, 7) is 3.97. The molecule has 1 N–H and O–H groups in total. The van der Waals surface area contributed by atoms with Gasteiger partial charge >= 0.3 is 0 Å². The molecule has 2 aliphatic rings. The zero-order valence-corrected chi connectivity index (χ0v) is 20.4. The number of carbonyl (C=O) groups is 2. The van der Waals surface area contributed by atoms with Crippen LogP contribution in [0.25, 0.3) is 10.9 Å². The molecule has 3 aromatic rings. The highest BCUT2D eigenvalue weighted by molar-refractivity contribution is 6.31. The second kappa shape index (κ2) is 9.34. The van der Waals surface area contributed by atoms with Gasteiger partial charge in [0.25, 0.3) is 5.91 Å². The van der Waals surface area contributed by atoms with Crippen LogP contribution in [0.1, 0.15) is 40.9 Å². The largest absolute Gasteiger partial charge is 0.496 e. The number of amides is 2. The number of aromatic amines is 1. The van der Waals surface area contributed by atoms with E-state index in [9.17, 15) is 9.59 Å². The van der Waals surface area contributed by atoms with Crippen molar-refractivity contribution in [2.75, 3.05) is 26.7 Å². The molecule has 2 atom stereocenters. The van der Waals surface area contributed by atoms with Gasteiger partial charge in [-0.2, -0.15) is 0 Å². The van der Waals surface area contributed by atoms with Crippen LogP contribution in [0, 0.1) is 12.8 Å². The number of benzene rings is 2. The summed E-state index contributed by atoms with van der Waals surface area (Å²) in [4.78, 5) is 33.6. The fraction of sp³-hybridized carbons (Fsp3) is 0.407. The van der Waals surface area contributed by atoms with E-state index in [1.807, 2.05) is 48.2 Å². The summed E-state index contributed by atoms with van der Waals surface area (Å²) in [5.41, 5.74) is 3.60. The van der Waals surface area contributed by atoms with E-state index in [1.54, 1.807) is 7.11 Å². The molecule has 0 aliphatic carbocycles. The molecule has 0 radical (unpaired) electrons. The molecule has 2 saturated heterocycles. The van der Waals surface area contributed by atoms with Crippen molar-refractivity contribution >= 4 is 34.3 Å². The number of halogens is 1. The summed E-state index contributed by atoms with van der Waals surface area (Å²) < 4.78 is 5.48. The van der Waals surface area contributed by atoms with Crippen molar-refractivity contribution in [2.24, 2.45) is 5.92 Å². The first-order chi connectivity index (χ1) is 16.5. The third-order valence-electron chi connectivity index (χ3n) is 7.48. The molecule has 178 valence electrons. The maximum absolute atomic E-state index is 13.4. The number of hydrogen-bond donors (Lipinski definition) is 1. The lowest BCUT2D eigenvalue weighted by atomic mass is 9.83. The van der Waals surface area contributed by atoms with E-state index in [0.29, 0.717) is 42.7 Å². The number of likely N-dealkylation sites (tertiary alicyclic amines) is 2.